The van der Waals surface area contributed by atoms with Crippen LogP contribution in [0.3, 0.4) is 0 Å². The number of halogens is 1. The fourth-order valence-corrected chi connectivity index (χ4v) is 3.34. The quantitative estimate of drug-likeness (QED) is 0.857. The number of rotatable bonds is 5. The summed E-state index contributed by atoms with van der Waals surface area (Å²) in [5, 5.41) is 19.1. The largest absolute Gasteiger partial charge is 0.375 e. The van der Waals surface area contributed by atoms with Gasteiger partial charge in [0.2, 0.25) is 5.91 Å². The molecule has 0 unspecified atom stereocenters. The zero-order valence-corrected chi connectivity index (χ0v) is 14.5. The van der Waals surface area contributed by atoms with Gasteiger partial charge in [0.1, 0.15) is 24.1 Å². The van der Waals surface area contributed by atoms with Gasteiger partial charge in [-0.05, 0) is 25.0 Å². The van der Waals surface area contributed by atoms with Gasteiger partial charge in [-0.1, -0.05) is 6.07 Å². The fraction of sp³-hybridized carbons (Fsp3) is 0.389. The minimum atomic E-state index is -0.513. The molecule has 0 radical (unpaired) electrons. The molecule has 1 aliphatic heterocycles. The van der Waals surface area contributed by atoms with Crippen LogP contribution in [-0.4, -0.2) is 42.9 Å². The van der Waals surface area contributed by atoms with E-state index in [-0.39, 0.29) is 24.0 Å². The second-order valence-corrected chi connectivity index (χ2v) is 6.21. The summed E-state index contributed by atoms with van der Waals surface area (Å²) in [7, 11) is 1.46. The van der Waals surface area contributed by atoms with Crippen LogP contribution in [0, 0.1) is 17.1 Å². The van der Waals surface area contributed by atoms with Crippen molar-refractivity contribution < 1.29 is 13.9 Å². The number of carbonyl (C=O) groups excluding carboxylic acids is 1. The van der Waals surface area contributed by atoms with E-state index in [1.165, 1.54) is 13.2 Å². The van der Waals surface area contributed by atoms with Gasteiger partial charge in [0.25, 0.3) is 0 Å². The van der Waals surface area contributed by atoms with Gasteiger partial charge in [0, 0.05) is 26.1 Å². The van der Waals surface area contributed by atoms with Gasteiger partial charge in [-0.3, -0.25) is 9.89 Å². The number of aromatic amines is 1. The molecule has 2 heterocycles. The number of carbonyl (C=O) groups is 1. The van der Waals surface area contributed by atoms with Gasteiger partial charge in [-0.25, -0.2) is 4.39 Å². The Morgan fingerprint density at radius 2 is 2.42 bits per heavy atom. The van der Waals surface area contributed by atoms with Crippen LogP contribution in [0.4, 0.5) is 15.8 Å². The standard InChI is InChI=1S/C18H20FN5O2/c1-26-11-17(25)22-15-9-21-23-18(15)12-4-3-7-24(10-12)16-6-2-5-14(19)13(16)8-20/h2,5-6,9,12H,3-4,7,10-11H2,1H3,(H,21,23)(H,22,25)/t12-/m1/s1. The number of nitriles is 1. The lowest BCUT2D eigenvalue weighted by Crippen LogP contribution is -2.35. The van der Waals surface area contributed by atoms with Crippen molar-refractivity contribution in [2.75, 3.05) is 37.0 Å². The Kier molecular flexibility index (Phi) is 5.49. The topological polar surface area (TPSA) is 94.0 Å². The molecular weight excluding hydrogens is 337 g/mol. The van der Waals surface area contributed by atoms with Crippen LogP contribution in [0.5, 0.6) is 0 Å². The smallest absolute Gasteiger partial charge is 0.250 e. The molecule has 1 saturated heterocycles. The summed E-state index contributed by atoms with van der Waals surface area (Å²) in [4.78, 5) is 13.8. The van der Waals surface area contributed by atoms with Crippen molar-refractivity contribution in [1.29, 1.82) is 5.26 Å². The maximum Gasteiger partial charge on any atom is 0.250 e. The molecule has 1 atom stereocenters. The van der Waals surface area contributed by atoms with Gasteiger partial charge in [0.05, 0.1) is 23.3 Å². The number of benzene rings is 1. The highest BCUT2D eigenvalue weighted by atomic mass is 19.1. The minimum Gasteiger partial charge on any atom is -0.375 e. The van der Waals surface area contributed by atoms with Crippen molar-refractivity contribution in [1.82, 2.24) is 10.2 Å². The van der Waals surface area contributed by atoms with E-state index in [4.69, 9.17) is 4.74 Å². The van der Waals surface area contributed by atoms with Crippen LogP contribution in [0.25, 0.3) is 0 Å². The van der Waals surface area contributed by atoms with E-state index in [2.05, 4.69) is 15.5 Å². The average Bonchev–Trinajstić information content (AvgIpc) is 3.10. The number of nitrogens with one attached hydrogen (secondary N) is 2. The summed E-state index contributed by atoms with van der Waals surface area (Å²) >= 11 is 0. The van der Waals surface area contributed by atoms with Crippen LogP contribution >= 0.6 is 0 Å². The van der Waals surface area contributed by atoms with Crippen LogP contribution in [0.15, 0.2) is 24.4 Å². The van der Waals surface area contributed by atoms with Crippen molar-refractivity contribution in [2.45, 2.75) is 18.8 Å². The summed E-state index contributed by atoms with van der Waals surface area (Å²) in [5.41, 5.74) is 2.11. The van der Waals surface area contributed by atoms with Crippen LogP contribution in [0.1, 0.15) is 30.0 Å². The molecule has 7 nitrogen and oxygen atoms in total. The van der Waals surface area contributed by atoms with E-state index in [1.54, 1.807) is 18.3 Å². The normalized spacial score (nSPS) is 17.0. The van der Waals surface area contributed by atoms with Gasteiger partial charge in [-0.2, -0.15) is 10.4 Å². The summed E-state index contributed by atoms with van der Waals surface area (Å²) in [5.74, 6) is -0.681. The SMILES string of the molecule is COCC(=O)Nc1cn[nH]c1[C@@H]1CCCN(c2cccc(F)c2C#N)C1. The molecule has 136 valence electrons. The Labute approximate surface area is 150 Å². The number of aromatic nitrogens is 2. The van der Waals surface area contributed by atoms with Gasteiger partial charge < -0.3 is 15.0 Å². The number of ether oxygens (including phenoxy) is 1. The lowest BCUT2D eigenvalue weighted by atomic mass is 9.93. The van der Waals surface area contributed by atoms with Crippen molar-refractivity contribution >= 4 is 17.3 Å². The lowest BCUT2D eigenvalue weighted by Gasteiger charge is -2.34. The Hall–Kier alpha value is -2.92. The van der Waals surface area contributed by atoms with Crippen LogP contribution in [0.2, 0.25) is 0 Å². The van der Waals surface area contributed by atoms with Gasteiger partial charge in [-0.15, -0.1) is 0 Å². The third-order valence-electron chi connectivity index (χ3n) is 4.49. The van der Waals surface area contributed by atoms with Crippen molar-refractivity contribution in [2.24, 2.45) is 0 Å². The van der Waals surface area contributed by atoms with Crippen molar-refractivity contribution in [3.05, 3.63) is 41.5 Å². The molecule has 2 aromatic rings. The fourth-order valence-electron chi connectivity index (χ4n) is 3.34. The highest BCUT2D eigenvalue weighted by Gasteiger charge is 2.27. The van der Waals surface area contributed by atoms with Crippen LogP contribution < -0.4 is 10.2 Å². The van der Waals surface area contributed by atoms with E-state index in [0.29, 0.717) is 17.9 Å². The maximum absolute atomic E-state index is 13.9. The number of methoxy groups -OCH3 is 1. The molecular formula is C18H20FN5O2. The number of nitrogens with zero attached hydrogens (tertiary/aromatic N) is 3. The molecule has 26 heavy (non-hydrogen) atoms. The number of H-pyrrole nitrogens is 1. The Morgan fingerprint density at radius 3 is 3.19 bits per heavy atom. The zero-order valence-electron chi connectivity index (χ0n) is 14.5. The highest BCUT2D eigenvalue weighted by molar-refractivity contribution is 5.92. The molecule has 0 saturated carbocycles. The molecule has 3 rings (SSSR count). The second kappa shape index (κ2) is 7.97. The summed E-state index contributed by atoms with van der Waals surface area (Å²) in [6, 6.07) is 6.62. The molecule has 1 aromatic carbocycles. The first-order valence-electron chi connectivity index (χ1n) is 8.39. The van der Waals surface area contributed by atoms with E-state index in [1.807, 2.05) is 11.0 Å². The predicted octanol–water partition coefficient (Wildman–Crippen LogP) is 2.39. The number of hydrogen-bond acceptors (Lipinski definition) is 5. The Balaban J connectivity index is 1.80. The average molecular weight is 357 g/mol. The minimum absolute atomic E-state index is 0.0315. The molecule has 0 bridgehead atoms. The predicted molar refractivity (Wildman–Crippen MR) is 94.4 cm³/mol. The summed E-state index contributed by atoms with van der Waals surface area (Å²) in [6.07, 6.45) is 3.37. The molecule has 0 spiro atoms. The van der Waals surface area contributed by atoms with E-state index in [0.717, 1.165) is 25.1 Å². The van der Waals surface area contributed by atoms with E-state index in [9.17, 15) is 14.4 Å². The number of piperidine rings is 1. The summed E-state index contributed by atoms with van der Waals surface area (Å²) in [6.45, 7) is 1.32. The second-order valence-electron chi connectivity index (χ2n) is 6.21. The third kappa shape index (κ3) is 3.68. The first-order chi connectivity index (χ1) is 12.6. The van der Waals surface area contributed by atoms with Crippen LogP contribution in [-0.2, 0) is 9.53 Å². The maximum atomic E-state index is 13.9. The highest BCUT2D eigenvalue weighted by Crippen LogP contribution is 2.34. The first kappa shape index (κ1) is 17.9. The molecule has 1 aliphatic rings. The zero-order chi connectivity index (χ0) is 18.5. The van der Waals surface area contributed by atoms with Crippen molar-refractivity contribution in [3.8, 4) is 6.07 Å². The van der Waals surface area contributed by atoms with E-state index >= 15 is 0 Å². The number of hydrogen-bond donors (Lipinski definition) is 2. The van der Waals surface area contributed by atoms with Crippen molar-refractivity contribution in [3.63, 3.8) is 0 Å². The molecule has 8 heteroatoms. The molecule has 1 fully saturated rings. The van der Waals surface area contributed by atoms with E-state index < -0.39 is 5.82 Å². The molecule has 1 amide bonds. The summed E-state index contributed by atoms with van der Waals surface area (Å²) < 4.78 is 18.8. The lowest BCUT2D eigenvalue weighted by molar-refractivity contribution is -0.119. The number of anilines is 2. The molecule has 2 N–H and O–H groups in total. The van der Waals surface area contributed by atoms with Gasteiger partial charge in [0.15, 0.2) is 0 Å². The monoisotopic (exact) mass is 357 g/mol. The molecule has 1 aromatic heterocycles. The first-order valence-corrected chi connectivity index (χ1v) is 8.39. The third-order valence-corrected chi connectivity index (χ3v) is 4.49. The molecule has 0 aliphatic carbocycles. The Morgan fingerprint density at radius 1 is 1.58 bits per heavy atom. The Bertz CT molecular complexity index is 829. The van der Waals surface area contributed by atoms with Gasteiger partial charge >= 0.3 is 0 Å². The number of amides is 1.